The monoisotopic (exact) mass is 302 g/mol. The number of aromatic nitrogens is 1. The van der Waals surface area contributed by atoms with E-state index in [0.29, 0.717) is 5.56 Å². The predicted octanol–water partition coefficient (Wildman–Crippen LogP) is -1.13. The van der Waals surface area contributed by atoms with Crippen molar-refractivity contribution in [1.29, 1.82) is 0 Å². The lowest BCUT2D eigenvalue weighted by Gasteiger charge is -2.07. The lowest BCUT2D eigenvalue weighted by atomic mass is 10.2. The van der Waals surface area contributed by atoms with Crippen LogP contribution in [-0.2, 0) is 16.6 Å². The molecule has 0 aliphatic heterocycles. The maximum absolute atomic E-state index is 11.3. The van der Waals surface area contributed by atoms with Gasteiger partial charge < -0.3 is 15.7 Å². The van der Waals surface area contributed by atoms with Gasteiger partial charge in [0.05, 0.1) is 5.75 Å². The van der Waals surface area contributed by atoms with Gasteiger partial charge in [0.2, 0.25) is 10.0 Å². The molecule has 0 saturated carbocycles. The number of urea groups is 1. The highest BCUT2D eigenvalue weighted by Gasteiger charge is 2.06. The van der Waals surface area contributed by atoms with E-state index in [-0.39, 0.29) is 24.5 Å². The summed E-state index contributed by atoms with van der Waals surface area (Å²) in [5.74, 6) is -1.49. The van der Waals surface area contributed by atoms with E-state index < -0.39 is 22.0 Å². The summed E-state index contributed by atoms with van der Waals surface area (Å²) in [7, 11) is -3.61. The summed E-state index contributed by atoms with van der Waals surface area (Å²) in [6.45, 7) is 0.0367. The molecule has 0 spiro atoms. The van der Waals surface area contributed by atoms with E-state index in [4.69, 9.17) is 10.2 Å². The van der Waals surface area contributed by atoms with Crippen molar-refractivity contribution in [3.05, 3.63) is 29.6 Å². The molecule has 1 heterocycles. The number of carbonyl (C=O) groups excluding carboxylic acids is 1. The molecule has 0 atom stereocenters. The second kappa shape index (κ2) is 6.82. The van der Waals surface area contributed by atoms with Gasteiger partial charge in [0, 0.05) is 19.3 Å². The summed E-state index contributed by atoms with van der Waals surface area (Å²) in [4.78, 5) is 25.6. The Morgan fingerprint density at radius 1 is 1.30 bits per heavy atom. The molecule has 0 aliphatic carbocycles. The summed E-state index contributed by atoms with van der Waals surface area (Å²) >= 11 is 0. The molecule has 0 fully saturated rings. The highest BCUT2D eigenvalue weighted by Crippen LogP contribution is 1.99. The Bertz CT molecular complexity index is 584. The topological polar surface area (TPSA) is 151 Å². The largest absolute Gasteiger partial charge is 0.477 e. The van der Waals surface area contributed by atoms with Gasteiger partial charge in [-0.3, -0.25) is 0 Å². The first kappa shape index (κ1) is 15.9. The quantitative estimate of drug-likeness (QED) is 0.521. The molecule has 0 aliphatic rings. The zero-order chi connectivity index (χ0) is 15.2. The first-order valence-electron chi connectivity index (χ1n) is 5.48. The van der Waals surface area contributed by atoms with Gasteiger partial charge in [-0.2, -0.15) is 0 Å². The molecule has 0 bridgehead atoms. The third kappa shape index (κ3) is 6.11. The van der Waals surface area contributed by atoms with Crippen LogP contribution in [0.2, 0.25) is 0 Å². The van der Waals surface area contributed by atoms with Crippen molar-refractivity contribution in [1.82, 2.24) is 15.6 Å². The summed E-state index contributed by atoms with van der Waals surface area (Å²) in [5, 5.41) is 18.2. The Morgan fingerprint density at radius 2 is 2.00 bits per heavy atom. The van der Waals surface area contributed by atoms with E-state index >= 15 is 0 Å². The number of nitrogens with zero attached hydrogens (tertiary/aromatic N) is 1. The average Bonchev–Trinajstić information content (AvgIpc) is 2.35. The van der Waals surface area contributed by atoms with E-state index in [2.05, 4.69) is 15.6 Å². The second-order valence-electron chi connectivity index (χ2n) is 3.83. The van der Waals surface area contributed by atoms with Crippen LogP contribution >= 0.6 is 0 Å². The zero-order valence-corrected chi connectivity index (χ0v) is 11.2. The van der Waals surface area contributed by atoms with Crippen molar-refractivity contribution in [2.45, 2.75) is 6.54 Å². The summed E-state index contributed by atoms with van der Waals surface area (Å²) in [6, 6.07) is 2.27. The molecule has 1 aromatic heterocycles. The minimum Gasteiger partial charge on any atom is -0.477 e. The van der Waals surface area contributed by atoms with Gasteiger partial charge in [-0.25, -0.2) is 28.1 Å². The molecule has 0 unspecified atom stereocenters. The van der Waals surface area contributed by atoms with Crippen molar-refractivity contribution in [3.8, 4) is 0 Å². The lowest BCUT2D eigenvalue weighted by Crippen LogP contribution is -2.38. The van der Waals surface area contributed by atoms with Crippen LogP contribution in [0, 0.1) is 0 Å². The molecule has 20 heavy (non-hydrogen) atoms. The van der Waals surface area contributed by atoms with Crippen LogP contribution in [0.15, 0.2) is 18.3 Å². The molecule has 0 radical (unpaired) electrons. The second-order valence-corrected chi connectivity index (χ2v) is 5.57. The molecular formula is C10H14N4O5S. The van der Waals surface area contributed by atoms with E-state index in [1.165, 1.54) is 18.3 Å². The Labute approximate surface area is 115 Å². The Kier molecular flexibility index (Phi) is 5.41. The first-order chi connectivity index (χ1) is 9.28. The smallest absolute Gasteiger partial charge is 0.354 e. The molecular weight excluding hydrogens is 288 g/mol. The maximum atomic E-state index is 11.3. The summed E-state index contributed by atoms with van der Waals surface area (Å²) in [6.07, 6.45) is 1.33. The number of primary sulfonamides is 1. The Hall–Kier alpha value is -2.20. The number of nitrogens with two attached hydrogens (primary N) is 1. The first-order valence-corrected chi connectivity index (χ1v) is 7.20. The van der Waals surface area contributed by atoms with Crippen LogP contribution in [0.25, 0.3) is 0 Å². The minimum absolute atomic E-state index is 0.0913. The van der Waals surface area contributed by atoms with Gasteiger partial charge in [0.15, 0.2) is 0 Å². The lowest BCUT2D eigenvalue weighted by molar-refractivity contribution is 0.0690. The summed E-state index contributed by atoms with van der Waals surface area (Å²) in [5.41, 5.74) is 0.517. The van der Waals surface area contributed by atoms with E-state index in [0.717, 1.165) is 0 Å². The standard InChI is InChI=1S/C10H14N4O5S/c11-20(18,19)4-3-12-10(17)14-6-7-1-2-8(9(15)16)13-5-7/h1-2,5H,3-4,6H2,(H,15,16)(H2,11,18,19)(H2,12,14,17). The van der Waals surface area contributed by atoms with Crippen molar-refractivity contribution in [2.24, 2.45) is 5.14 Å². The van der Waals surface area contributed by atoms with Crippen molar-refractivity contribution >= 4 is 22.0 Å². The average molecular weight is 302 g/mol. The minimum atomic E-state index is -3.61. The van der Waals surface area contributed by atoms with Gasteiger partial charge in [0.1, 0.15) is 5.69 Å². The third-order valence-corrected chi connectivity index (χ3v) is 2.94. The van der Waals surface area contributed by atoms with Crippen LogP contribution in [0.5, 0.6) is 0 Å². The normalized spacial score (nSPS) is 10.8. The molecule has 1 rings (SSSR count). The number of aromatic carboxylic acids is 1. The van der Waals surface area contributed by atoms with Gasteiger partial charge in [-0.1, -0.05) is 6.07 Å². The molecule has 2 amide bonds. The van der Waals surface area contributed by atoms with E-state index in [1.54, 1.807) is 0 Å². The van der Waals surface area contributed by atoms with Crippen molar-refractivity contribution in [2.75, 3.05) is 12.3 Å². The SMILES string of the molecule is NS(=O)(=O)CCNC(=O)NCc1ccc(C(=O)O)nc1. The molecule has 10 heteroatoms. The Balaban J connectivity index is 2.35. The number of amides is 2. The third-order valence-electron chi connectivity index (χ3n) is 2.17. The number of sulfonamides is 1. The number of hydrogen-bond donors (Lipinski definition) is 4. The van der Waals surface area contributed by atoms with Gasteiger partial charge in [-0.05, 0) is 11.6 Å². The number of carboxylic acid groups (broad SMARTS) is 1. The molecule has 110 valence electrons. The number of rotatable bonds is 6. The fraction of sp³-hybridized carbons (Fsp3) is 0.300. The number of carbonyl (C=O) groups is 2. The van der Waals surface area contributed by atoms with Crippen LogP contribution < -0.4 is 15.8 Å². The zero-order valence-electron chi connectivity index (χ0n) is 10.4. The van der Waals surface area contributed by atoms with Crippen LogP contribution in [0.1, 0.15) is 16.1 Å². The van der Waals surface area contributed by atoms with Crippen molar-refractivity contribution in [3.63, 3.8) is 0 Å². The molecule has 9 nitrogen and oxygen atoms in total. The van der Waals surface area contributed by atoms with Crippen LogP contribution in [-0.4, -0.2) is 42.8 Å². The number of carboxylic acids is 1. The number of hydrogen-bond acceptors (Lipinski definition) is 5. The van der Waals surface area contributed by atoms with Gasteiger partial charge in [0.25, 0.3) is 0 Å². The van der Waals surface area contributed by atoms with Gasteiger partial charge in [-0.15, -0.1) is 0 Å². The molecule has 5 N–H and O–H groups in total. The molecule has 1 aromatic rings. The molecule has 0 aromatic carbocycles. The van der Waals surface area contributed by atoms with Gasteiger partial charge >= 0.3 is 12.0 Å². The number of pyridine rings is 1. The number of nitrogens with one attached hydrogen (secondary N) is 2. The highest BCUT2D eigenvalue weighted by atomic mass is 32.2. The Morgan fingerprint density at radius 3 is 2.50 bits per heavy atom. The van der Waals surface area contributed by atoms with Crippen LogP contribution in [0.3, 0.4) is 0 Å². The molecule has 0 saturated heterocycles. The maximum Gasteiger partial charge on any atom is 0.354 e. The predicted molar refractivity (Wildman–Crippen MR) is 69.4 cm³/mol. The fourth-order valence-corrected chi connectivity index (χ4v) is 1.59. The van der Waals surface area contributed by atoms with Crippen LogP contribution in [0.4, 0.5) is 4.79 Å². The van der Waals surface area contributed by atoms with E-state index in [1.807, 2.05) is 0 Å². The van der Waals surface area contributed by atoms with Crippen molar-refractivity contribution < 1.29 is 23.1 Å². The summed E-state index contributed by atoms with van der Waals surface area (Å²) < 4.78 is 21.3. The fourth-order valence-electron chi connectivity index (χ4n) is 1.21. The highest BCUT2D eigenvalue weighted by molar-refractivity contribution is 7.89. The van der Waals surface area contributed by atoms with E-state index in [9.17, 15) is 18.0 Å².